The molecule has 0 amide bonds. The van der Waals surface area contributed by atoms with Gasteiger partial charge in [-0.2, -0.15) is 5.26 Å². The number of aliphatic hydroxyl groups is 2. The number of rotatable bonds is 9. The van der Waals surface area contributed by atoms with E-state index in [2.05, 4.69) is 11.4 Å². The van der Waals surface area contributed by atoms with Gasteiger partial charge >= 0.3 is 0 Å². The summed E-state index contributed by atoms with van der Waals surface area (Å²) in [4.78, 5) is 13.6. The van der Waals surface area contributed by atoms with Crippen LogP contribution in [0.3, 0.4) is 0 Å². The summed E-state index contributed by atoms with van der Waals surface area (Å²) < 4.78 is 31.1. The average Bonchev–Trinajstić information content (AvgIpc) is 3.13. The molecule has 2 aromatic rings. The Morgan fingerprint density at radius 2 is 1.95 bits per heavy atom. The van der Waals surface area contributed by atoms with Crippen LogP contribution in [0, 0.1) is 28.4 Å². The van der Waals surface area contributed by atoms with E-state index >= 15 is 8.78 Å². The molecular formula is C28H32Cl2F2N2O3. The van der Waals surface area contributed by atoms with Crippen molar-refractivity contribution in [2.45, 2.75) is 76.0 Å². The van der Waals surface area contributed by atoms with Crippen molar-refractivity contribution in [3.05, 3.63) is 69.2 Å². The second-order valence-corrected chi connectivity index (χ2v) is 11.7. The summed E-state index contributed by atoms with van der Waals surface area (Å²) in [6.07, 6.45) is -0.0802. The minimum Gasteiger partial charge on any atom is -0.394 e. The zero-order valence-electron chi connectivity index (χ0n) is 21.1. The van der Waals surface area contributed by atoms with Gasteiger partial charge in [0, 0.05) is 29.0 Å². The van der Waals surface area contributed by atoms with Crippen LogP contribution in [0.5, 0.6) is 0 Å². The van der Waals surface area contributed by atoms with E-state index in [1.165, 1.54) is 30.3 Å². The highest BCUT2D eigenvalue weighted by Crippen LogP contribution is 2.53. The lowest BCUT2D eigenvalue weighted by molar-refractivity contribution is -0.121. The van der Waals surface area contributed by atoms with Gasteiger partial charge in [0.2, 0.25) is 0 Å². The van der Waals surface area contributed by atoms with Crippen LogP contribution in [0.2, 0.25) is 10.0 Å². The van der Waals surface area contributed by atoms with Crippen molar-refractivity contribution in [3.8, 4) is 6.07 Å². The van der Waals surface area contributed by atoms with Crippen molar-refractivity contribution < 1.29 is 23.8 Å². The highest BCUT2D eigenvalue weighted by Gasteiger charge is 2.60. The largest absolute Gasteiger partial charge is 0.394 e. The Kier molecular flexibility index (Phi) is 9.36. The maximum atomic E-state index is 15.6. The highest BCUT2D eigenvalue weighted by atomic mass is 35.5. The number of carbonyl (C=O) groups is 1. The molecule has 2 aromatic carbocycles. The van der Waals surface area contributed by atoms with Gasteiger partial charge in [0.1, 0.15) is 22.8 Å². The van der Waals surface area contributed by atoms with E-state index in [-0.39, 0.29) is 51.6 Å². The van der Waals surface area contributed by atoms with Gasteiger partial charge in [-0.05, 0) is 48.4 Å². The number of Topliss-reactive ketones (excluding diaryl/α,β-unsaturated/α-hetero) is 1. The highest BCUT2D eigenvalue weighted by molar-refractivity contribution is 6.31. The van der Waals surface area contributed by atoms with Gasteiger partial charge in [-0.25, -0.2) is 8.78 Å². The Bertz CT molecular complexity index is 1180. The molecule has 0 radical (unpaired) electrons. The maximum absolute atomic E-state index is 15.6. The fourth-order valence-corrected chi connectivity index (χ4v) is 5.71. The molecule has 1 heterocycles. The third kappa shape index (κ3) is 6.16. The normalized spacial score (nSPS) is 24.6. The summed E-state index contributed by atoms with van der Waals surface area (Å²) in [5, 5.41) is 32.8. The van der Waals surface area contributed by atoms with E-state index in [4.69, 9.17) is 28.3 Å². The Balaban J connectivity index is 2.24. The Morgan fingerprint density at radius 1 is 1.24 bits per heavy atom. The number of benzene rings is 2. The van der Waals surface area contributed by atoms with Crippen LogP contribution in [0.4, 0.5) is 8.78 Å². The molecule has 200 valence electrons. The first kappa shape index (κ1) is 29.5. The first-order chi connectivity index (χ1) is 17.4. The van der Waals surface area contributed by atoms with Gasteiger partial charge in [0.25, 0.3) is 0 Å². The number of halogens is 4. The Hall–Kier alpha value is -2.08. The number of ketones is 1. The zero-order valence-corrected chi connectivity index (χ0v) is 22.6. The van der Waals surface area contributed by atoms with Crippen molar-refractivity contribution in [1.29, 1.82) is 5.26 Å². The molecular weight excluding hydrogens is 521 g/mol. The fourth-order valence-electron chi connectivity index (χ4n) is 5.37. The molecule has 0 saturated carbocycles. The maximum Gasteiger partial charge on any atom is 0.150 e. The van der Waals surface area contributed by atoms with E-state index in [0.29, 0.717) is 6.42 Å². The smallest absolute Gasteiger partial charge is 0.150 e. The third-order valence-electron chi connectivity index (χ3n) is 6.97. The molecule has 37 heavy (non-hydrogen) atoms. The number of nitrogens with one attached hydrogen (secondary N) is 1. The first-order valence-corrected chi connectivity index (χ1v) is 13.0. The van der Waals surface area contributed by atoms with Crippen LogP contribution in [0.15, 0.2) is 36.4 Å². The van der Waals surface area contributed by atoms with Crippen molar-refractivity contribution in [3.63, 3.8) is 0 Å². The molecule has 0 aromatic heterocycles. The molecule has 0 aliphatic carbocycles. The molecule has 9 heteroatoms. The summed E-state index contributed by atoms with van der Waals surface area (Å²) in [5.41, 5.74) is -1.93. The zero-order chi connectivity index (χ0) is 27.5. The SMILES string of the molecule is CC(C)(C)C[C@@H]1N[C@H](C(=O)CCC[C@H](O)CO)[C@H](c2cccc(Cl)c2F)[C@@]1(C#N)c1ccc(Cl)cc1F. The lowest BCUT2D eigenvalue weighted by Crippen LogP contribution is -2.44. The lowest BCUT2D eigenvalue weighted by Gasteiger charge is -2.37. The monoisotopic (exact) mass is 552 g/mol. The summed E-state index contributed by atoms with van der Waals surface area (Å²) in [5.74, 6) is -2.90. The second kappa shape index (κ2) is 11.8. The van der Waals surface area contributed by atoms with Gasteiger partial charge < -0.3 is 15.5 Å². The molecule has 5 nitrogen and oxygen atoms in total. The van der Waals surface area contributed by atoms with E-state index in [0.717, 1.165) is 6.07 Å². The number of hydrogen-bond donors (Lipinski definition) is 3. The number of aliphatic hydroxyl groups excluding tert-OH is 2. The summed E-state index contributed by atoms with van der Waals surface area (Å²) in [6, 6.07) is 8.97. The lowest BCUT2D eigenvalue weighted by atomic mass is 9.62. The van der Waals surface area contributed by atoms with E-state index in [9.17, 15) is 15.2 Å². The average molecular weight is 553 g/mol. The number of carbonyl (C=O) groups excluding carboxylic acids is 1. The molecule has 3 N–H and O–H groups in total. The topological polar surface area (TPSA) is 93.3 Å². The van der Waals surface area contributed by atoms with Crippen molar-refractivity contribution >= 4 is 29.0 Å². The summed E-state index contributed by atoms with van der Waals surface area (Å²) in [6.45, 7) is 5.48. The quantitative estimate of drug-likeness (QED) is 0.371. The fraction of sp³-hybridized carbons (Fsp3) is 0.500. The second-order valence-electron chi connectivity index (χ2n) is 10.9. The first-order valence-electron chi connectivity index (χ1n) is 12.2. The number of nitrogens with zero attached hydrogens (tertiary/aromatic N) is 1. The molecule has 0 unspecified atom stereocenters. The molecule has 0 bridgehead atoms. The van der Waals surface area contributed by atoms with Crippen LogP contribution < -0.4 is 5.32 Å². The molecule has 1 fully saturated rings. The van der Waals surface area contributed by atoms with Gasteiger partial charge in [0.05, 0.1) is 29.8 Å². The van der Waals surface area contributed by atoms with Gasteiger partial charge in [-0.15, -0.1) is 0 Å². The predicted octanol–water partition coefficient (Wildman–Crippen LogP) is 5.69. The van der Waals surface area contributed by atoms with Crippen molar-refractivity contribution in [1.82, 2.24) is 5.32 Å². The van der Waals surface area contributed by atoms with Gasteiger partial charge in [0.15, 0.2) is 0 Å². The minimum absolute atomic E-state index is 0.0141. The van der Waals surface area contributed by atoms with Gasteiger partial charge in [-0.3, -0.25) is 4.79 Å². The molecule has 5 atom stereocenters. The van der Waals surface area contributed by atoms with Crippen molar-refractivity contribution in [2.75, 3.05) is 6.61 Å². The number of hydrogen-bond acceptors (Lipinski definition) is 5. The van der Waals surface area contributed by atoms with Crippen LogP contribution in [-0.2, 0) is 10.2 Å². The summed E-state index contributed by atoms with van der Waals surface area (Å²) >= 11 is 12.1. The van der Waals surface area contributed by atoms with E-state index in [1.807, 2.05) is 20.8 Å². The van der Waals surface area contributed by atoms with Crippen LogP contribution in [0.25, 0.3) is 0 Å². The Labute approximate surface area is 226 Å². The molecule has 1 aliphatic rings. The van der Waals surface area contributed by atoms with Crippen LogP contribution in [0.1, 0.15) is 63.5 Å². The molecule has 1 aliphatic heterocycles. The minimum atomic E-state index is -1.67. The Morgan fingerprint density at radius 3 is 2.54 bits per heavy atom. The molecule has 1 saturated heterocycles. The standard InChI is InChI=1S/C28H32Cl2F2N2O3/c1-27(2,3)13-23-28(15-33,19-11-10-16(29)12-21(19)31)24(18-7-5-8-20(30)25(18)32)26(34-23)22(37)9-4-6-17(36)14-35/h5,7-8,10-12,17,23-24,26,34-36H,4,6,9,13-14H2,1-3H3/t17-,23-,24-,26+,28-/m0/s1. The third-order valence-corrected chi connectivity index (χ3v) is 7.49. The van der Waals surface area contributed by atoms with Crippen LogP contribution in [-0.4, -0.2) is 40.8 Å². The van der Waals surface area contributed by atoms with Gasteiger partial charge in [-0.1, -0.05) is 62.2 Å². The summed E-state index contributed by atoms with van der Waals surface area (Å²) in [7, 11) is 0. The van der Waals surface area contributed by atoms with E-state index < -0.39 is 47.8 Å². The van der Waals surface area contributed by atoms with E-state index in [1.54, 1.807) is 0 Å². The number of nitriles is 1. The molecule has 3 rings (SSSR count). The predicted molar refractivity (Wildman–Crippen MR) is 140 cm³/mol. The molecule has 0 spiro atoms. The van der Waals surface area contributed by atoms with Crippen molar-refractivity contribution in [2.24, 2.45) is 5.41 Å². The van der Waals surface area contributed by atoms with Crippen LogP contribution >= 0.6 is 23.2 Å².